The van der Waals surface area contributed by atoms with E-state index in [0.29, 0.717) is 12.8 Å². The molecular weight excluding hydrogens is 206 g/mol. The SMILES string of the molecule is CC1CC(O)CC(C)C1N1C(=O)C=CC1=O. The molecule has 4 nitrogen and oxygen atoms in total. The summed E-state index contributed by atoms with van der Waals surface area (Å²) >= 11 is 0. The van der Waals surface area contributed by atoms with Gasteiger partial charge in [-0.2, -0.15) is 0 Å². The first-order valence-corrected chi connectivity index (χ1v) is 5.74. The molecule has 16 heavy (non-hydrogen) atoms. The lowest BCUT2D eigenvalue weighted by atomic mass is 9.76. The molecule has 0 spiro atoms. The molecule has 1 N–H and O–H groups in total. The van der Waals surface area contributed by atoms with Crippen LogP contribution in [0.15, 0.2) is 12.2 Å². The molecule has 0 aromatic carbocycles. The third-order valence-electron chi connectivity index (χ3n) is 3.60. The lowest BCUT2D eigenvalue weighted by Gasteiger charge is -2.41. The van der Waals surface area contributed by atoms with Gasteiger partial charge in [0.15, 0.2) is 0 Å². The molecule has 0 aromatic heterocycles. The van der Waals surface area contributed by atoms with Gasteiger partial charge in [0.2, 0.25) is 0 Å². The van der Waals surface area contributed by atoms with Crippen LogP contribution in [0.5, 0.6) is 0 Å². The minimum absolute atomic E-state index is 0.0709. The fourth-order valence-electron chi connectivity index (χ4n) is 3.01. The van der Waals surface area contributed by atoms with Crippen LogP contribution in [0, 0.1) is 11.8 Å². The van der Waals surface area contributed by atoms with Crippen molar-refractivity contribution in [1.29, 1.82) is 0 Å². The number of aliphatic hydroxyl groups is 1. The van der Waals surface area contributed by atoms with Crippen molar-refractivity contribution in [1.82, 2.24) is 4.90 Å². The van der Waals surface area contributed by atoms with Crippen molar-refractivity contribution in [3.63, 3.8) is 0 Å². The number of carbonyl (C=O) groups excluding carboxylic acids is 2. The molecule has 1 saturated carbocycles. The fourth-order valence-corrected chi connectivity index (χ4v) is 3.01. The van der Waals surface area contributed by atoms with Crippen LogP contribution >= 0.6 is 0 Å². The fraction of sp³-hybridized carbons (Fsp3) is 0.667. The van der Waals surface area contributed by atoms with Gasteiger partial charge in [-0.05, 0) is 24.7 Å². The van der Waals surface area contributed by atoms with Crippen LogP contribution in [-0.2, 0) is 9.59 Å². The number of carbonyl (C=O) groups is 2. The molecule has 88 valence electrons. The Morgan fingerprint density at radius 1 is 1.12 bits per heavy atom. The lowest BCUT2D eigenvalue weighted by Crippen LogP contribution is -2.51. The second kappa shape index (κ2) is 4.01. The highest BCUT2D eigenvalue weighted by Gasteiger charge is 2.41. The zero-order chi connectivity index (χ0) is 11.9. The van der Waals surface area contributed by atoms with E-state index < -0.39 is 0 Å². The Kier molecular flexibility index (Phi) is 2.84. The summed E-state index contributed by atoms with van der Waals surface area (Å²) in [6, 6.07) is -0.0709. The first-order chi connectivity index (χ1) is 7.50. The van der Waals surface area contributed by atoms with Gasteiger partial charge in [-0.25, -0.2) is 0 Å². The van der Waals surface area contributed by atoms with Gasteiger partial charge in [-0.3, -0.25) is 14.5 Å². The van der Waals surface area contributed by atoms with Gasteiger partial charge in [0, 0.05) is 18.2 Å². The molecule has 1 heterocycles. The van der Waals surface area contributed by atoms with Crippen molar-refractivity contribution in [2.45, 2.75) is 38.8 Å². The number of hydrogen-bond donors (Lipinski definition) is 1. The van der Waals surface area contributed by atoms with E-state index in [9.17, 15) is 14.7 Å². The number of nitrogens with zero attached hydrogens (tertiary/aromatic N) is 1. The third-order valence-corrected chi connectivity index (χ3v) is 3.60. The van der Waals surface area contributed by atoms with E-state index in [1.807, 2.05) is 13.8 Å². The maximum Gasteiger partial charge on any atom is 0.253 e. The van der Waals surface area contributed by atoms with Gasteiger partial charge < -0.3 is 5.11 Å². The molecule has 1 aliphatic carbocycles. The maximum absolute atomic E-state index is 11.6. The second-order valence-electron chi connectivity index (χ2n) is 4.95. The summed E-state index contributed by atoms with van der Waals surface area (Å²) in [5.74, 6) is -0.117. The van der Waals surface area contributed by atoms with Crippen LogP contribution in [0.2, 0.25) is 0 Å². The Bertz CT molecular complexity index is 320. The first kappa shape index (κ1) is 11.3. The predicted molar refractivity (Wildman–Crippen MR) is 58.3 cm³/mol. The number of imide groups is 1. The Balaban J connectivity index is 2.20. The van der Waals surface area contributed by atoms with Crippen LogP contribution in [-0.4, -0.2) is 34.0 Å². The van der Waals surface area contributed by atoms with Crippen molar-refractivity contribution in [2.75, 3.05) is 0 Å². The third kappa shape index (κ3) is 1.78. The van der Waals surface area contributed by atoms with Crippen molar-refractivity contribution in [3.05, 3.63) is 12.2 Å². The molecule has 2 unspecified atom stereocenters. The van der Waals surface area contributed by atoms with Crippen molar-refractivity contribution < 1.29 is 14.7 Å². The van der Waals surface area contributed by atoms with Crippen LogP contribution in [0.25, 0.3) is 0 Å². The molecule has 2 amide bonds. The maximum atomic E-state index is 11.6. The van der Waals surface area contributed by atoms with Crippen molar-refractivity contribution in [2.24, 2.45) is 11.8 Å². The summed E-state index contributed by atoms with van der Waals surface area (Å²) in [6.07, 6.45) is 3.67. The van der Waals surface area contributed by atoms with E-state index in [1.165, 1.54) is 17.1 Å². The molecular formula is C12H17NO3. The van der Waals surface area contributed by atoms with Crippen LogP contribution in [0.4, 0.5) is 0 Å². The molecule has 0 saturated heterocycles. The van der Waals surface area contributed by atoms with Crippen LogP contribution < -0.4 is 0 Å². The van der Waals surface area contributed by atoms with Gasteiger partial charge in [-0.15, -0.1) is 0 Å². The summed E-state index contributed by atoms with van der Waals surface area (Å²) in [7, 11) is 0. The van der Waals surface area contributed by atoms with E-state index >= 15 is 0 Å². The van der Waals surface area contributed by atoms with Crippen molar-refractivity contribution >= 4 is 11.8 Å². The molecule has 0 aromatic rings. The van der Waals surface area contributed by atoms with E-state index in [2.05, 4.69) is 0 Å². The average Bonchev–Trinajstić information content (AvgIpc) is 2.47. The van der Waals surface area contributed by atoms with Gasteiger partial charge in [0.05, 0.1) is 6.10 Å². The zero-order valence-electron chi connectivity index (χ0n) is 9.59. The quantitative estimate of drug-likeness (QED) is 0.666. The zero-order valence-corrected chi connectivity index (χ0v) is 9.59. The Labute approximate surface area is 94.9 Å². The molecule has 2 rings (SSSR count). The first-order valence-electron chi connectivity index (χ1n) is 5.74. The average molecular weight is 223 g/mol. The number of rotatable bonds is 1. The number of hydrogen-bond acceptors (Lipinski definition) is 3. The Morgan fingerprint density at radius 2 is 1.56 bits per heavy atom. The predicted octanol–water partition coefficient (Wildman–Crippen LogP) is 0.707. The highest BCUT2D eigenvalue weighted by atomic mass is 16.3. The number of amides is 2. The van der Waals surface area contributed by atoms with E-state index in [-0.39, 0.29) is 35.8 Å². The minimum atomic E-state index is -0.304. The molecule has 2 aliphatic rings. The molecule has 1 aliphatic heterocycles. The van der Waals surface area contributed by atoms with E-state index in [4.69, 9.17) is 0 Å². The molecule has 0 radical (unpaired) electrons. The van der Waals surface area contributed by atoms with E-state index in [1.54, 1.807) is 0 Å². The van der Waals surface area contributed by atoms with Crippen LogP contribution in [0.3, 0.4) is 0 Å². The molecule has 4 heteroatoms. The van der Waals surface area contributed by atoms with Gasteiger partial charge in [0.25, 0.3) is 11.8 Å². The molecule has 1 fully saturated rings. The molecule has 2 atom stereocenters. The Hall–Kier alpha value is -1.16. The summed E-state index contributed by atoms with van der Waals surface area (Å²) in [6.45, 7) is 3.98. The smallest absolute Gasteiger partial charge is 0.253 e. The summed E-state index contributed by atoms with van der Waals surface area (Å²) < 4.78 is 0. The van der Waals surface area contributed by atoms with E-state index in [0.717, 1.165) is 0 Å². The van der Waals surface area contributed by atoms with Gasteiger partial charge >= 0.3 is 0 Å². The second-order valence-corrected chi connectivity index (χ2v) is 4.95. The van der Waals surface area contributed by atoms with Gasteiger partial charge in [-0.1, -0.05) is 13.8 Å². The minimum Gasteiger partial charge on any atom is -0.393 e. The monoisotopic (exact) mass is 223 g/mol. The lowest BCUT2D eigenvalue weighted by molar-refractivity contribution is -0.144. The summed E-state index contributed by atoms with van der Waals surface area (Å²) in [4.78, 5) is 24.6. The summed E-state index contributed by atoms with van der Waals surface area (Å²) in [5, 5.41) is 9.64. The topological polar surface area (TPSA) is 57.6 Å². The summed E-state index contributed by atoms with van der Waals surface area (Å²) in [5.41, 5.74) is 0. The standard InChI is InChI=1S/C12H17NO3/c1-7-5-9(14)6-8(2)12(7)13-10(15)3-4-11(13)16/h3-4,7-9,12,14H,5-6H2,1-2H3. The highest BCUT2D eigenvalue weighted by molar-refractivity contribution is 6.13. The highest BCUT2D eigenvalue weighted by Crippen LogP contribution is 2.34. The largest absolute Gasteiger partial charge is 0.393 e. The normalized spacial score (nSPS) is 39.6. The Morgan fingerprint density at radius 3 is 2.00 bits per heavy atom. The van der Waals surface area contributed by atoms with Crippen LogP contribution in [0.1, 0.15) is 26.7 Å². The van der Waals surface area contributed by atoms with Crippen molar-refractivity contribution in [3.8, 4) is 0 Å². The number of aliphatic hydroxyl groups excluding tert-OH is 1. The van der Waals surface area contributed by atoms with Gasteiger partial charge in [0.1, 0.15) is 0 Å². The molecule has 0 bridgehead atoms.